The third-order valence-corrected chi connectivity index (χ3v) is 6.46. The molecule has 2 amide bonds. The second-order valence-corrected chi connectivity index (χ2v) is 8.36. The Morgan fingerprint density at radius 1 is 0.844 bits per heavy atom. The summed E-state index contributed by atoms with van der Waals surface area (Å²) in [6, 6.07) is 21.0. The Bertz CT molecular complexity index is 1200. The minimum atomic E-state index is -0.964. The first kappa shape index (κ1) is 20.8. The molecule has 0 unspecified atom stereocenters. The Kier molecular flexibility index (Phi) is 5.29. The number of nitrogens with zero attached hydrogens (tertiary/aromatic N) is 2. The highest BCUT2D eigenvalue weighted by Crippen LogP contribution is 2.48. The molecule has 32 heavy (non-hydrogen) atoms. The van der Waals surface area contributed by atoms with Crippen LogP contribution in [-0.2, 0) is 14.4 Å². The Morgan fingerprint density at radius 2 is 1.62 bits per heavy atom. The molecule has 8 heteroatoms. The molecule has 2 heterocycles. The molecule has 2 aliphatic heterocycles. The van der Waals surface area contributed by atoms with Crippen LogP contribution in [0.3, 0.4) is 0 Å². The van der Waals surface area contributed by atoms with Crippen molar-refractivity contribution in [2.24, 2.45) is 5.92 Å². The van der Waals surface area contributed by atoms with Gasteiger partial charge in [0.25, 0.3) is 5.91 Å². The number of imide groups is 1. The van der Waals surface area contributed by atoms with E-state index < -0.39 is 24.0 Å². The van der Waals surface area contributed by atoms with Crippen molar-refractivity contribution in [3.8, 4) is 5.75 Å². The monoisotopic (exact) mass is 468 g/mol. The smallest absolute Gasteiger partial charge is 0.266 e. The highest BCUT2D eigenvalue weighted by Gasteiger charge is 2.60. The second-order valence-electron chi connectivity index (χ2n) is 7.54. The van der Waals surface area contributed by atoms with E-state index in [-0.39, 0.29) is 10.9 Å². The maximum absolute atomic E-state index is 13.6. The molecule has 5 rings (SSSR count). The number of para-hydroxylation sites is 1. The van der Waals surface area contributed by atoms with E-state index in [1.54, 1.807) is 24.3 Å². The lowest BCUT2D eigenvalue weighted by atomic mass is 9.90. The van der Waals surface area contributed by atoms with Gasteiger partial charge in [-0.2, -0.15) is 0 Å². The van der Waals surface area contributed by atoms with Crippen LogP contribution >= 0.6 is 23.2 Å². The average molecular weight is 469 g/mol. The summed E-state index contributed by atoms with van der Waals surface area (Å²) in [6.45, 7) is 0. The van der Waals surface area contributed by atoms with E-state index in [0.29, 0.717) is 16.5 Å². The van der Waals surface area contributed by atoms with Crippen LogP contribution in [0.2, 0.25) is 10.0 Å². The zero-order valence-corrected chi connectivity index (χ0v) is 18.5. The van der Waals surface area contributed by atoms with Crippen molar-refractivity contribution in [3.05, 3.63) is 88.4 Å². The minimum Gasteiger partial charge on any atom is -0.497 e. The zero-order valence-electron chi connectivity index (χ0n) is 16.9. The number of hydrogen-bond donors (Lipinski definition) is 0. The summed E-state index contributed by atoms with van der Waals surface area (Å²) in [5.41, 5.74) is 1.91. The summed E-state index contributed by atoms with van der Waals surface area (Å²) < 4.78 is 5.38. The molecule has 2 saturated heterocycles. The predicted molar refractivity (Wildman–Crippen MR) is 122 cm³/mol. The van der Waals surface area contributed by atoms with E-state index in [1.807, 2.05) is 54.6 Å². The number of fused-ring (bicyclic) bond motifs is 1. The van der Waals surface area contributed by atoms with Gasteiger partial charge in [0.15, 0.2) is 6.10 Å². The zero-order chi connectivity index (χ0) is 22.4. The number of benzene rings is 3. The van der Waals surface area contributed by atoms with Crippen LogP contribution in [0.4, 0.5) is 11.4 Å². The molecule has 0 saturated carbocycles. The van der Waals surface area contributed by atoms with Gasteiger partial charge < -0.3 is 4.74 Å². The quantitative estimate of drug-likeness (QED) is 0.501. The molecule has 3 atom stereocenters. The molecule has 0 aromatic heterocycles. The molecular weight excluding hydrogens is 451 g/mol. The van der Waals surface area contributed by atoms with Gasteiger partial charge >= 0.3 is 0 Å². The first-order valence-electron chi connectivity index (χ1n) is 9.97. The predicted octanol–water partition coefficient (Wildman–Crippen LogP) is 5.05. The number of amides is 2. The minimum absolute atomic E-state index is 0.262. The van der Waals surface area contributed by atoms with E-state index >= 15 is 0 Å². The summed E-state index contributed by atoms with van der Waals surface area (Å²) in [5, 5.41) is 2.25. The van der Waals surface area contributed by atoms with Crippen LogP contribution in [0.15, 0.2) is 72.8 Å². The molecule has 3 aromatic rings. The van der Waals surface area contributed by atoms with Gasteiger partial charge in [-0.15, -0.1) is 0 Å². The third kappa shape index (κ3) is 3.32. The molecule has 2 aliphatic rings. The topological polar surface area (TPSA) is 59.1 Å². The Labute approximate surface area is 194 Å². The summed E-state index contributed by atoms with van der Waals surface area (Å²) in [4.78, 5) is 34.2. The molecule has 3 aromatic carbocycles. The molecule has 0 spiro atoms. The van der Waals surface area contributed by atoms with Crippen LogP contribution < -0.4 is 14.7 Å². The summed E-state index contributed by atoms with van der Waals surface area (Å²) in [5.74, 6) is -0.893. The normalized spacial score (nSPS) is 22.4. The fourth-order valence-corrected chi connectivity index (χ4v) is 4.55. The van der Waals surface area contributed by atoms with Crippen LogP contribution in [0.5, 0.6) is 5.75 Å². The van der Waals surface area contributed by atoms with Crippen LogP contribution in [0.25, 0.3) is 0 Å². The van der Waals surface area contributed by atoms with Gasteiger partial charge in [-0.25, -0.2) is 9.96 Å². The first-order valence-corrected chi connectivity index (χ1v) is 10.7. The van der Waals surface area contributed by atoms with E-state index in [0.717, 1.165) is 16.2 Å². The molecule has 2 fully saturated rings. The maximum atomic E-state index is 13.6. The number of rotatable bonds is 4. The van der Waals surface area contributed by atoms with E-state index in [1.165, 1.54) is 6.07 Å². The first-order chi connectivity index (χ1) is 15.5. The van der Waals surface area contributed by atoms with Crippen LogP contribution in [0, 0.1) is 5.92 Å². The van der Waals surface area contributed by atoms with Crippen molar-refractivity contribution in [2.75, 3.05) is 17.1 Å². The van der Waals surface area contributed by atoms with Crippen molar-refractivity contribution < 1.29 is 19.2 Å². The molecule has 0 N–H and O–H groups in total. The number of anilines is 2. The van der Waals surface area contributed by atoms with Crippen LogP contribution in [-0.4, -0.2) is 25.0 Å². The fraction of sp³-hybridized carbons (Fsp3) is 0.167. The van der Waals surface area contributed by atoms with Gasteiger partial charge in [-0.05, 0) is 48.0 Å². The molecule has 6 nitrogen and oxygen atoms in total. The maximum Gasteiger partial charge on any atom is 0.266 e. The summed E-state index contributed by atoms with van der Waals surface area (Å²) in [7, 11) is 1.58. The number of methoxy groups -OCH3 is 1. The van der Waals surface area contributed by atoms with Gasteiger partial charge in [0.1, 0.15) is 11.7 Å². The lowest BCUT2D eigenvalue weighted by Crippen LogP contribution is -2.37. The molecule has 0 radical (unpaired) electrons. The van der Waals surface area contributed by atoms with E-state index in [4.69, 9.17) is 32.8 Å². The number of ether oxygens (including phenoxy) is 1. The van der Waals surface area contributed by atoms with Crippen LogP contribution in [0.1, 0.15) is 11.6 Å². The highest BCUT2D eigenvalue weighted by atomic mass is 35.5. The van der Waals surface area contributed by atoms with Crippen molar-refractivity contribution >= 4 is 46.4 Å². The standard InChI is InChI=1S/C24H18Cl2N2O4/c1-31-17-9-5-6-14(12-17)21-20-22(32-28(21)15-7-3-2-4-8-15)24(30)27(23(20)29)16-10-11-18(25)19(26)13-16/h2-13,20-22H,1H3/t20-,21-,22+/m1/s1. The largest absolute Gasteiger partial charge is 0.497 e. The van der Waals surface area contributed by atoms with Gasteiger partial charge in [0, 0.05) is 0 Å². The Balaban J connectivity index is 1.59. The van der Waals surface area contributed by atoms with Gasteiger partial charge in [-0.1, -0.05) is 53.5 Å². The van der Waals surface area contributed by atoms with Crippen molar-refractivity contribution in [1.82, 2.24) is 0 Å². The van der Waals surface area contributed by atoms with Gasteiger partial charge in [0.2, 0.25) is 5.91 Å². The van der Waals surface area contributed by atoms with Crippen molar-refractivity contribution in [2.45, 2.75) is 12.1 Å². The van der Waals surface area contributed by atoms with Gasteiger partial charge in [-0.3, -0.25) is 14.4 Å². The van der Waals surface area contributed by atoms with Crippen molar-refractivity contribution in [1.29, 1.82) is 0 Å². The third-order valence-electron chi connectivity index (χ3n) is 5.72. The molecular formula is C24H18Cl2N2O4. The molecule has 162 valence electrons. The molecule has 0 bridgehead atoms. The number of carbonyl (C=O) groups excluding carboxylic acids is 2. The summed E-state index contributed by atoms with van der Waals surface area (Å²) in [6.07, 6.45) is -0.964. The average Bonchev–Trinajstić information content (AvgIpc) is 3.32. The number of hydroxylamine groups is 1. The highest BCUT2D eigenvalue weighted by molar-refractivity contribution is 6.42. The lowest BCUT2D eigenvalue weighted by Gasteiger charge is -2.29. The SMILES string of the molecule is COc1cccc([C@@H]2[C@H]3C(=O)N(c4ccc(Cl)c(Cl)c4)C(=O)[C@H]3ON2c2ccccc2)c1. The number of carbonyl (C=O) groups is 2. The number of halogens is 2. The Hall–Kier alpha value is -3.06. The Morgan fingerprint density at radius 3 is 2.34 bits per heavy atom. The van der Waals surface area contributed by atoms with E-state index in [9.17, 15) is 9.59 Å². The fourth-order valence-electron chi connectivity index (χ4n) is 4.26. The van der Waals surface area contributed by atoms with E-state index in [2.05, 4.69) is 0 Å². The lowest BCUT2D eigenvalue weighted by molar-refractivity contribution is -0.126. The number of hydrogen-bond acceptors (Lipinski definition) is 5. The van der Waals surface area contributed by atoms with Gasteiger partial charge in [0.05, 0.1) is 34.6 Å². The second kappa shape index (κ2) is 8.13. The summed E-state index contributed by atoms with van der Waals surface area (Å²) >= 11 is 12.1. The molecule has 0 aliphatic carbocycles. The van der Waals surface area contributed by atoms with Crippen molar-refractivity contribution in [3.63, 3.8) is 0 Å².